The molecule has 1 aliphatic heterocycles. The van der Waals surface area contributed by atoms with E-state index in [9.17, 15) is 5.11 Å². The molecule has 3 rings (SSSR count). The molecule has 1 heterocycles. The van der Waals surface area contributed by atoms with Crippen molar-refractivity contribution in [3.8, 4) is 0 Å². The topological polar surface area (TPSA) is 35.5 Å². The van der Waals surface area contributed by atoms with Crippen molar-refractivity contribution in [3.63, 3.8) is 0 Å². The Labute approximate surface area is 141 Å². The third-order valence-corrected chi connectivity index (χ3v) is 5.91. The molecule has 0 radical (unpaired) electrons. The summed E-state index contributed by atoms with van der Waals surface area (Å²) in [6, 6.07) is 11.4. The van der Waals surface area contributed by atoms with Crippen LogP contribution in [0.3, 0.4) is 0 Å². The van der Waals surface area contributed by atoms with E-state index < -0.39 is 0 Å². The van der Waals surface area contributed by atoms with Gasteiger partial charge in [-0.1, -0.05) is 50.1 Å². The number of nitrogens with zero attached hydrogens (tertiary/aromatic N) is 1. The molecule has 1 saturated carbocycles. The van der Waals surface area contributed by atoms with Crippen LogP contribution in [0, 0.1) is 5.41 Å². The van der Waals surface area contributed by atoms with Crippen LogP contribution in [0.4, 0.5) is 0 Å². The zero-order chi connectivity index (χ0) is 16.1. The van der Waals surface area contributed by atoms with E-state index in [0.29, 0.717) is 6.04 Å². The number of aliphatic hydroxyl groups is 1. The summed E-state index contributed by atoms with van der Waals surface area (Å²) in [5.74, 6) is 0. The van der Waals surface area contributed by atoms with Crippen molar-refractivity contribution in [2.75, 3.05) is 19.6 Å². The Morgan fingerprint density at radius 3 is 2.57 bits per heavy atom. The Balaban J connectivity index is 1.41. The van der Waals surface area contributed by atoms with Gasteiger partial charge in [-0.25, -0.2) is 0 Å². The van der Waals surface area contributed by atoms with Crippen molar-refractivity contribution >= 4 is 0 Å². The molecule has 1 saturated heterocycles. The lowest BCUT2D eigenvalue weighted by Crippen LogP contribution is -2.49. The van der Waals surface area contributed by atoms with E-state index in [1.807, 2.05) is 0 Å². The maximum absolute atomic E-state index is 10.3. The van der Waals surface area contributed by atoms with E-state index in [1.165, 1.54) is 44.3 Å². The van der Waals surface area contributed by atoms with Crippen LogP contribution in [-0.4, -0.2) is 41.8 Å². The van der Waals surface area contributed by atoms with Crippen LogP contribution >= 0.6 is 0 Å². The van der Waals surface area contributed by atoms with E-state index in [1.54, 1.807) is 0 Å². The maximum atomic E-state index is 10.3. The number of hydrogen-bond donors (Lipinski definition) is 2. The molecule has 2 unspecified atom stereocenters. The van der Waals surface area contributed by atoms with Crippen LogP contribution in [0.25, 0.3) is 0 Å². The summed E-state index contributed by atoms with van der Waals surface area (Å²) in [6.45, 7) is 6.65. The zero-order valence-electron chi connectivity index (χ0n) is 14.5. The smallest absolute Gasteiger partial charge is 0.0605 e. The molecule has 1 aliphatic carbocycles. The van der Waals surface area contributed by atoms with Crippen molar-refractivity contribution < 1.29 is 5.11 Å². The van der Waals surface area contributed by atoms with Gasteiger partial charge in [-0.2, -0.15) is 0 Å². The van der Waals surface area contributed by atoms with Crippen LogP contribution in [0.2, 0.25) is 0 Å². The molecular weight excluding hydrogens is 284 g/mol. The van der Waals surface area contributed by atoms with E-state index in [2.05, 4.69) is 47.5 Å². The monoisotopic (exact) mass is 316 g/mol. The number of nitrogens with one attached hydrogen (secondary N) is 1. The molecule has 128 valence electrons. The van der Waals surface area contributed by atoms with Crippen LogP contribution < -0.4 is 5.32 Å². The second kappa shape index (κ2) is 7.78. The molecule has 23 heavy (non-hydrogen) atoms. The zero-order valence-corrected chi connectivity index (χ0v) is 14.5. The predicted molar refractivity (Wildman–Crippen MR) is 95.3 cm³/mol. The third kappa shape index (κ3) is 4.56. The van der Waals surface area contributed by atoms with Gasteiger partial charge >= 0.3 is 0 Å². The first-order valence-electron chi connectivity index (χ1n) is 9.33. The molecule has 3 heteroatoms. The number of benzene rings is 1. The number of likely N-dealkylation sites (tertiary alicyclic amines) is 1. The molecular formula is C20H32N2O. The fourth-order valence-corrected chi connectivity index (χ4v) is 4.10. The average Bonchev–Trinajstić information content (AvgIpc) is 2.58. The van der Waals surface area contributed by atoms with Gasteiger partial charge in [-0.3, -0.25) is 4.90 Å². The van der Waals surface area contributed by atoms with Crippen LogP contribution in [0.5, 0.6) is 0 Å². The summed E-state index contributed by atoms with van der Waals surface area (Å²) in [5.41, 5.74) is 1.50. The van der Waals surface area contributed by atoms with Crippen molar-refractivity contribution in [2.24, 2.45) is 5.41 Å². The van der Waals surface area contributed by atoms with Gasteiger partial charge in [0.15, 0.2) is 0 Å². The summed E-state index contributed by atoms with van der Waals surface area (Å²) in [5, 5.41) is 14.1. The first kappa shape index (κ1) is 16.9. The fraction of sp³-hybridized carbons (Fsp3) is 0.700. The lowest BCUT2D eigenvalue weighted by atomic mass is 9.73. The van der Waals surface area contributed by atoms with Crippen molar-refractivity contribution in [1.82, 2.24) is 10.2 Å². The Kier molecular flexibility index (Phi) is 5.73. The van der Waals surface area contributed by atoms with Gasteiger partial charge in [0.25, 0.3) is 0 Å². The lowest BCUT2D eigenvalue weighted by molar-refractivity contribution is -0.00166. The Morgan fingerprint density at radius 2 is 1.87 bits per heavy atom. The number of rotatable bonds is 5. The maximum Gasteiger partial charge on any atom is 0.0605 e. The second-order valence-electron chi connectivity index (χ2n) is 7.83. The molecule has 1 aromatic carbocycles. The van der Waals surface area contributed by atoms with Gasteiger partial charge in [0.1, 0.15) is 0 Å². The molecule has 2 aliphatic rings. The van der Waals surface area contributed by atoms with E-state index >= 15 is 0 Å². The highest BCUT2D eigenvalue weighted by Crippen LogP contribution is 2.35. The molecule has 2 atom stereocenters. The van der Waals surface area contributed by atoms with Crippen LogP contribution in [0.15, 0.2) is 30.3 Å². The molecule has 1 aromatic rings. The van der Waals surface area contributed by atoms with E-state index in [0.717, 1.165) is 25.9 Å². The molecule has 0 amide bonds. The number of hydrogen-bond acceptors (Lipinski definition) is 3. The Bertz CT molecular complexity index is 470. The van der Waals surface area contributed by atoms with Gasteiger partial charge < -0.3 is 10.4 Å². The largest absolute Gasteiger partial charge is 0.393 e. The lowest BCUT2D eigenvalue weighted by Gasteiger charge is -2.41. The summed E-state index contributed by atoms with van der Waals surface area (Å²) in [4.78, 5) is 2.56. The van der Waals surface area contributed by atoms with Crippen molar-refractivity contribution in [2.45, 2.75) is 64.1 Å². The number of piperidine rings is 1. The highest BCUT2D eigenvalue weighted by molar-refractivity contribution is 5.14. The minimum absolute atomic E-state index is 0.0828. The molecule has 0 bridgehead atoms. The predicted octanol–water partition coefficient (Wildman–Crippen LogP) is 3.18. The number of aliphatic hydroxyl groups excluding tert-OH is 1. The molecule has 3 nitrogen and oxygen atoms in total. The van der Waals surface area contributed by atoms with Crippen molar-refractivity contribution in [3.05, 3.63) is 35.9 Å². The van der Waals surface area contributed by atoms with Gasteiger partial charge in [0.05, 0.1) is 6.10 Å². The second-order valence-corrected chi connectivity index (χ2v) is 7.83. The van der Waals surface area contributed by atoms with Gasteiger partial charge in [0, 0.05) is 24.5 Å². The minimum Gasteiger partial charge on any atom is -0.393 e. The quantitative estimate of drug-likeness (QED) is 0.876. The standard InChI is InChI=1S/C20H32N2O/c1-20(12-6-5-9-19(20)23)16-21-18-10-13-22(14-11-18)15-17-7-3-2-4-8-17/h2-4,7-8,18-19,21,23H,5-6,9-16H2,1H3. The summed E-state index contributed by atoms with van der Waals surface area (Å²) in [7, 11) is 0. The van der Waals surface area contributed by atoms with Gasteiger partial charge in [-0.05, 0) is 44.3 Å². The summed E-state index contributed by atoms with van der Waals surface area (Å²) in [6.07, 6.45) is 6.92. The van der Waals surface area contributed by atoms with Gasteiger partial charge in [0.2, 0.25) is 0 Å². The van der Waals surface area contributed by atoms with Crippen LogP contribution in [0.1, 0.15) is 51.0 Å². The molecule has 2 N–H and O–H groups in total. The van der Waals surface area contributed by atoms with Crippen molar-refractivity contribution in [1.29, 1.82) is 0 Å². The summed E-state index contributed by atoms with van der Waals surface area (Å²) < 4.78 is 0. The Hall–Kier alpha value is -0.900. The van der Waals surface area contributed by atoms with E-state index in [4.69, 9.17) is 0 Å². The van der Waals surface area contributed by atoms with E-state index in [-0.39, 0.29) is 11.5 Å². The first-order chi connectivity index (χ1) is 11.2. The fourth-order valence-electron chi connectivity index (χ4n) is 4.10. The molecule has 0 spiro atoms. The normalized spacial score (nSPS) is 30.4. The SMILES string of the molecule is CC1(CNC2CCN(Cc3ccccc3)CC2)CCCCC1O. The van der Waals surface area contributed by atoms with Gasteiger partial charge in [-0.15, -0.1) is 0 Å². The van der Waals surface area contributed by atoms with Crippen LogP contribution in [-0.2, 0) is 6.54 Å². The highest BCUT2D eigenvalue weighted by atomic mass is 16.3. The molecule has 2 fully saturated rings. The first-order valence-corrected chi connectivity index (χ1v) is 9.33. The highest BCUT2D eigenvalue weighted by Gasteiger charge is 2.35. The Morgan fingerprint density at radius 1 is 1.13 bits per heavy atom. The average molecular weight is 316 g/mol. The minimum atomic E-state index is -0.123. The third-order valence-electron chi connectivity index (χ3n) is 5.91. The molecule has 0 aromatic heterocycles. The summed E-state index contributed by atoms with van der Waals surface area (Å²) >= 11 is 0.